The van der Waals surface area contributed by atoms with Crippen molar-refractivity contribution >= 4 is 65.7 Å². The van der Waals surface area contributed by atoms with Gasteiger partial charge in [-0.05, 0) is 65.6 Å². The second-order valence-corrected chi connectivity index (χ2v) is 15.2. The van der Waals surface area contributed by atoms with Gasteiger partial charge in [0.25, 0.3) is 0 Å². The van der Waals surface area contributed by atoms with E-state index in [1.165, 1.54) is 10.8 Å². The monoisotopic (exact) mass is 746 g/mol. The Morgan fingerprint density at radius 3 is 2.07 bits per heavy atom. The van der Waals surface area contributed by atoms with Crippen LogP contribution in [0.5, 0.6) is 0 Å². The van der Waals surface area contributed by atoms with Crippen LogP contribution in [-0.4, -0.2) is 19.5 Å². The lowest BCUT2D eigenvalue weighted by molar-refractivity contribution is 0.600. The molecule has 0 spiro atoms. The van der Waals surface area contributed by atoms with E-state index < -0.39 is 0 Å². The maximum Gasteiger partial charge on any atom is 0.164 e. The van der Waals surface area contributed by atoms with E-state index in [0.29, 0.717) is 11.6 Å². The highest BCUT2D eigenvalue weighted by molar-refractivity contribution is 6.16. The van der Waals surface area contributed by atoms with Crippen molar-refractivity contribution in [1.82, 2.24) is 19.5 Å². The van der Waals surface area contributed by atoms with Crippen LogP contribution < -0.4 is 0 Å². The first-order valence-corrected chi connectivity index (χ1v) is 19.7. The van der Waals surface area contributed by atoms with Crippen molar-refractivity contribution in [3.8, 4) is 39.6 Å². The minimum absolute atomic E-state index is 0.0327. The summed E-state index contributed by atoms with van der Waals surface area (Å²) in [6, 6.07) is 52.9. The summed E-state index contributed by atoms with van der Waals surface area (Å²) in [4.78, 5) is 15.4. The van der Waals surface area contributed by atoms with Crippen LogP contribution in [0.4, 0.5) is 0 Å². The molecule has 11 aromatic rings. The lowest BCUT2D eigenvalue weighted by Crippen LogP contribution is -2.13. The lowest BCUT2D eigenvalue weighted by atomic mass is 9.89. The molecule has 12 rings (SSSR count). The van der Waals surface area contributed by atoms with Gasteiger partial charge in [0.05, 0.1) is 16.7 Å². The SMILES string of the molecule is CC1C=CC=CC1c1nc(-c2ccccc2)nc(-c2cccc3oc4c(-n5c6ccccc6c6cc(-c7ccc8oc9ccccc9c8c7)ccc65)cccc4c23)n1. The van der Waals surface area contributed by atoms with Gasteiger partial charge in [-0.3, -0.25) is 0 Å². The number of allylic oxidation sites excluding steroid dienone is 4. The van der Waals surface area contributed by atoms with E-state index in [4.69, 9.17) is 23.8 Å². The molecule has 0 fully saturated rings. The molecule has 6 nitrogen and oxygen atoms in total. The lowest BCUT2D eigenvalue weighted by Gasteiger charge is -2.20. The standard InChI is InChI=1S/C52H34N4O2/c1-31-13-5-6-16-35(31)51-53-50(32-14-3-2-4-15-32)54-52(55-51)39-20-12-24-47-48(39)38-19-11-22-44(49(38)58-47)56-42-21-9-7-17-36(42)40-29-33(25-27-43(40)56)34-26-28-46-41(30-34)37-18-8-10-23-45(37)57-46/h2-31,35H,1H3. The molecule has 4 heterocycles. The molecule has 0 amide bonds. The number of fused-ring (bicyclic) bond motifs is 9. The molecule has 0 radical (unpaired) electrons. The number of nitrogens with zero attached hydrogens (tertiary/aromatic N) is 4. The largest absolute Gasteiger partial charge is 0.456 e. The number of hydrogen-bond acceptors (Lipinski definition) is 5. The molecule has 1 aliphatic rings. The summed E-state index contributed by atoms with van der Waals surface area (Å²) in [5.74, 6) is 2.32. The van der Waals surface area contributed by atoms with E-state index in [9.17, 15) is 0 Å². The predicted octanol–water partition coefficient (Wildman–Crippen LogP) is 13.6. The van der Waals surface area contributed by atoms with E-state index in [-0.39, 0.29) is 11.8 Å². The summed E-state index contributed by atoms with van der Waals surface area (Å²) in [6.45, 7) is 2.21. The quantitative estimate of drug-likeness (QED) is 0.175. The van der Waals surface area contributed by atoms with Gasteiger partial charge in [0.2, 0.25) is 0 Å². The normalized spacial score (nSPS) is 15.5. The van der Waals surface area contributed by atoms with Gasteiger partial charge in [0.1, 0.15) is 22.6 Å². The fourth-order valence-electron chi connectivity index (χ4n) is 8.93. The Morgan fingerprint density at radius 2 is 1.17 bits per heavy atom. The van der Waals surface area contributed by atoms with Crippen LogP contribution in [-0.2, 0) is 0 Å². The van der Waals surface area contributed by atoms with Crippen LogP contribution in [0.1, 0.15) is 18.7 Å². The Morgan fingerprint density at radius 1 is 0.483 bits per heavy atom. The van der Waals surface area contributed by atoms with E-state index in [0.717, 1.165) is 88.7 Å². The van der Waals surface area contributed by atoms with Gasteiger partial charge in [-0.1, -0.05) is 134 Å². The van der Waals surface area contributed by atoms with Crippen molar-refractivity contribution in [2.75, 3.05) is 0 Å². The summed E-state index contributed by atoms with van der Waals surface area (Å²) < 4.78 is 15.4. The van der Waals surface area contributed by atoms with Crippen molar-refractivity contribution in [1.29, 1.82) is 0 Å². The Hall–Kier alpha value is -7.57. The number of aromatic nitrogens is 4. The zero-order chi connectivity index (χ0) is 38.3. The van der Waals surface area contributed by atoms with Gasteiger partial charge in [-0.15, -0.1) is 0 Å². The summed E-state index contributed by atoms with van der Waals surface area (Å²) >= 11 is 0. The molecule has 6 heteroatoms. The number of benzene rings is 7. The minimum atomic E-state index is 0.0327. The smallest absolute Gasteiger partial charge is 0.164 e. The van der Waals surface area contributed by atoms with E-state index in [1.54, 1.807) is 0 Å². The molecule has 274 valence electrons. The summed E-state index contributed by atoms with van der Waals surface area (Å²) in [5, 5.41) is 6.58. The maximum absolute atomic E-state index is 6.89. The summed E-state index contributed by atoms with van der Waals surface area (Å²) in [6.07, 6.45) is 8.57. The molecule has 0 aliphatic heterocycles. The molecule has 2 unspecified atom stereocenters. The number of hydrogen-bond donors (Lipinski definition) is 0. The molecule has 7 aromatic carbocycles. The van der Waals surface area contributed by atoms with Crippen LogP contribution >= 0.6 is 0 Å². The van der Waals surface area contributed by atoms with Crippen LogP contribution in [0, 0.1) is 5.92 Å². The highest BCUT2D eigenvalue weighted by Gasteiger charge is 2.25. The van der Waals surface area contributed by atoms with Crippen LogP contribution in [0.25, 0.3) is 105 Å². The van der Waals surface area contributed by atoms with Crippen molar-refractivity contribution in [2.24, 2.45) is 5.92 Å². The van der Waals surface area contributed by atoms with Gasteiger partial charge >= 0.3 is 0 Å². The Balaban J connectivity index is 1.04. The Labute approximate surface area is 333 Å². The fraction of sp³-hybridized carbons (Fsp3) is 0.0577. The van der Waals surface area contributed by atoms with Gasteiger partial charge < -0.3 is 13.4 Å². The minimum Gasteiger partial charge on any atom is -0.456 e. The second-order valence-electron chi connectivity index (χ2n) is 15.2. The van der Waals surface area contributed by atoms with Gasteiger partial charge in [-0.25, -0.2) is 15.0 Å². The van der Waals surface area contributed by atoms with E-state index >= 15 is 0 Å². The zero-order valence-electron chi connectivity index (χ0n) is 31.5. The van der Waals surface area contributed by atoms with Gasteiger partial charge in [0.15, 0.2) is 17.2 Å². The molecule has 2 atom stereocenters. The third-order valence-electron chi connectivity index (χ3n) is 11.8. The van der Waals surface area contributed by atoms with Crippen LogP contribution in [0.3, 0.4) is 0 Å². The second kappa shape index (κ2) is 12.7. The molecule has 0 saturated carbocycles. The molecule has 58 heavy (non-hydrogen) atoms. The van der Waals surface area contributed by atoms with Crippen LogP contribution in [0.2, 0.25) is 0 Å². The van der Waals surface area contributed by atoms with Crippen LogP contribution in [0.15, 0.2) is 185 Å². The first kappa shape index (κ1) is 32.7. The maximum atomic E-state index is 6.89. The average Bonchev–Trinajstić information content (AvgIpc) is 3.96. The number of furan rings is 2. The highest BCUT2D eigenvalue weighted by Crippen LogP contribution is 2.42. The van der Waals surface area contributed by atoms with E-state index in [2.05, 4.69) is 145 Å². The first-order valence-electron chi connectivity index (χ1n) is 19.7. The molecule has 1 aliphatic carbocycles. The molecular weight excluding hydrogens is 713 g/mol. The van der Waals surface area contributed by atoms with Crippen molar-refractivity contribution in [2.45, 2.75) is 12.8 Å². The number of rotatable bonds is 5. The van der Waals surface area contributed by atoms with Gasteiger partial charge in [-0.2, -0.15) is 0 Å². The Kier molecular flexibility index (Phi) is 7.17. The highest BCUT2D eigenvalue weighted by atomic mass is 16.3. The third kappa shape index (κ3) is 5.01. The molecular formula is C52H34N4O2. The third-order valence-corrected chi connectivity index (χ3v) is 11.8. The molecule has 4 aromatic heterocycles. The van der Waals surface area contributed by atoms with Crippen molar-refractivity contribution < 1.29 is 8.83 Å². The Bertz CT molecular complexity index is 3500. The van der Waals surface area contributed by atoms with E-state index in [1.807, 2.05) is 42.5 Å². The fourth-order valence-corrected chi connectivity index (χ4v) is 8.93. The summed E-state index contributed by atoms with van der Waals surface area (Å²) in [5.41, 5.74) is 10.7. The van der Waals surface area contributed by atoms with Crippen molar-refractivity contribution in [3.05, 3.63) is 182 Å². The van der Waals surface area contributed by atoms with Crippen molar-refractivity contribution in [3.63, 3.8) is 0 Å². The molecule has 0 bridgehead atoms. The number of para-hydroxylation sites is 3. The topological polar surface area (TPSA) is 69.9 Å². The molecule has 0 saturated heterocycles. The van der Waals surface area contributed by atoms with Gasteiger partial charge in [0, 0.05) is 49.4 Å². The predicted molar refractivity (Wildman–Crippen MR) is 235 cm³/mol. The average molecular weight is 747 g/mol. The summed E-state index contributed by atoms with van der Waals surface area (Å²) in [7, 11) is 0. The first-order chi connectivity index (χ1) is 28.7. The molecule has 0 N–H and O–H groups in total. The zero-order valence-corrected chi connectivity index (χ0v) is 31.5.